The van der Waals surface area contributed by atoms with Gasteiger partial charge in [-0.05, 0) is 43.2 Å². The lowest BCUT2D eigenvalue weighted by atomic mass is 10.2. The van der Waals surface area contributed by atoms with Crippen LogP contribution in [0.25, 0.3) is 11.0 Å². The summed E-state index contributed by atoms with van der Waals surface area (Å²) in [7, 11) is -3.60. The van der Waals surface area contributed by atoms with Crippen LogP contribution in [0.15, 0.2) is 53.4 Å². The third-order valence-corrected chi connectivity index (χ3v) is 5.44. The van der Waals surface area contributed by atoms with Gasteiger partial charge in [-0.25, -0.2) is 13.4 Å². The predicted octanol–water partition coefficient (Wildman–Crippen LogP) is 3.22. The molecule has 0 bridgehead atoms. The van der Waals surface area contributed by atoms with Crippen LogP contribution in [0, 0.1) is 0 Å². The Morgan fingerprint density at radius 2 is 2.00 bits per heavy atom. The first kappa shape index (κ1) is 15.2. The number of benzene rings is 2. The Labute approximate surface area is 139 Å². The number of aromatic nitrogens is 2. The van der Waals surface area contributed by atoms with Crippen LogP contribution in [0.4, 0.5) is 5.69 Å². The fourth-order valence-corrected chi connectivity index (χ4v) is 3.92. The van der Waals surface area contributed by atoms with Crippen molar-refractivity contribution in [1.29, 1.82) is 0 Å². The number of H-pyrrole nitrogens is 1. The van der Waals surface area contributed by atoms with Gasteiger partial charge in [0.2, 0.25) is 0 Å². The van der Waals surface area contributed by atoms with Gasteiger partial charge in [-0.1, -0.05) is 18.2 Å². The van der Waals surface area contributed by atoms with E-state index in [4.69, 9.17) is 4.74 Å². The van der Waals surface area contributed by atoms with Gasteiger partial charge in [-0.3, -0.25) is 4.72 Å². The standard InChI is InChI=1S/C17H17N3O3S/c21-24(22,13-5-2-1-3-6-13)20-12-8-9-14-15(11-12)19-17(18-14)16-7-4-10-23-16/h1-3,5-6,8-9,11,16,20H,4,7,10H2,(H,18,19)/t16-/m1/s1. The molecule has 1 saturated heterocycles. The lowest BCUT2D eigenvalue weighted by Crippen LogP contribution is -2.12. The van der Waals surface area contributed by atoms with Gasteiger partial charge in [0.05, 0.1) is 21.6 Å². The average Bonchev–Trinajstić information content (AvgIpc) is 3.24. The minimum absolute atomic E-state index is 0.00172. The van der Waals surface area contributed by atoms with Gasteiger partial charge >= 0.3 is 0 Å². The fraction of sp³-hybridized carbons (Fsp3) is 0.235. The van der Waals surface area contributed by atoms with Gasteiger partial charge in [0.15, 0.2) is 0 Å². The van der Waals surface area contributed by atoms with Crippen molar-refractivity contribution in [2.24, 2.45) is 0 Å². The minimum atomic E-state index is -3.60. The van der Waals surface area contributed by atoms with Crippen LogP contribution in [-0.4, -0.2) is 25.0 Å². The van der Waals surface area contributed by atoms with Crippen molar-refractivity contribution in [2.75, 3.05) is 11.3 Å². The summed E-state index contributed by atoms with van der Waals surface area (Å²) in [5.74, 6) is 0.797. The molecule has 124 valence electrons. The minimum Gasteiger partial charge on any atom is -0.370 e. The highest BCUT2D eigenvalue weighted by molar-refractivity contribution is 7.92. The molecule has 2 heterocycles. The van der Waals surface area contributed by atoms with E-state index in [0.29, 0.717) is 5.69 Å². The van der Waals surface area contributed by atoms with Crippen molar-refractivity contribution < 1.29 is 13.2 Å². The lowest BCUT2D eigenvalue weighted by Gasteiger charge is -2.07. The van der Waals surface area contributed by atoms with Crippen LogP contribution in [0.3, 0.4) is 0 Å². The van der Waals surface area contributed by atoms with Crippen LogP contribution >= 0.6 is 0 Å². The van der Waals surface area contributed by atoms with E-state index in [9.17, 15) is 8.42 Å². The van der Waals surface area contributed by atoms with E-state index in [0.717, 1.165) is 36.3 Å². The molecule has 0 unspecified atom stereocenters. The molecule has 0 amide bonds. The molecular formula is C17H17N3O3S. The van der Waals surface area contributed by atoms with E-state index in [1.165, 1.54) is 0 Å². The monoisotopic (exact) mass is 343 g/mol. The highest BCUT2D eigenvalue weighted by atomic mass is 32.2. The topological polar surface area (TPSA) is 84.1 Å². The van der Waals surface area contributed by atoms with Gasteiger partial charge in [-0.2, -0.15) is 0 Å². The predicted molar refractivity (Wildman–Crippen MR) is 91.3 cm³/mol. The molecule has 0 spiro atoms. The van der Waals surface area contributed by atoms with E-state index in [2.05, 4.69) is 14.7 Å². The molecule has 1 atom stereocenters. The third-order valence-electron chi connectivity index (χ3n) is 4.04. The molecule has 1 fully saturated rings. The molecular weight excluding hydrogens is 326 g/mol. The summed E-state index contributed by atoms with van der Waals surface area (Å²) in [6.45, 7) is 0.754. The molecule has 0 aliphatic carbocycles. The molecule has 2 aromatic carbocycles. The molecule has 1 aromatic heterocycles. The highest BCUT2D eigenvalue weighted by Crippen LogP contribution is 2.29. The van der Waals surface area contributed by atoms with Crippen LogP contribution in [0.5, 0.6) is 0 Å². The van der Waals surface area contributed by atoms with Crippen LogP contribution in [0.1, 0.15) is 24.8 Å². The zero-order valence-corrected chi connectivity index (χ0v) is 13.7. The zero-order valence-electron chi connectivity index (χ0n) is 12.9. The molecule has 4 rings (SSSR count). The van der Waals surface area contributed by atoms with Crippen molar-refractivity contribution in [3.05, 3.63) is 54.4 Å². The second-order valence-electron chi connectivity index (χ2n) is 5.77. The average molecular weight is 343 g/mol. The van der Waals surface area contributed by atoms with Gasteiger partial charge in [-0.15, -0.1) is 0 Å². The molecule has 6 nitrogen and oxygen atoms in total. The fourth-order valence-electron chi connectivity index (χ4n) is 2.85. The van der Waals surface area contributed by atoms with Crippen molar-refractivity contribution in [1.82, 2.24) is 9.97 Å². The summed E-state index contributed by atoms with van der Waals surface area (Å²) in [5.41, 5.74) is 2.07. The van der Waals surface area contributed by atoms with Crippen molar-refractivity contribution in [3.8, 4) is 0 Å². The van der Waals surface area contributed by atoms with E-state index >= 15 is 0 Å². The molecule has 1 aliphatic rings. The van der Waals surface area contributed by atoms with Gasteiger partial charge < -0.3 is 9.72 Å². The molecule has 3 aromatic rings. The SMILES string of the molecule is O=S(=O)(Nc1ccc2nc([C@H]3CCCO3)[nH]c2c1)c1ccccc1. The summed E-state index contributed by atoms with van der Waals surface area (Å²) in [4.78, 5) is 8.00. The number of nitrogens with one attached hydrogen (secondary N) is 2. The van der Waals surface area contributed by atoms with Gasteiger partial charge in [0.1, 0.15) is 11.9 Å². The first-order chi connectivity index (χ1) is 11.6. The number of ether oxygens (including phenoxy) is 1. The zero-order chi connectivity index (χ0) is 16.6. The molecule has 24 heavy (non-hydrogen) atoms. The molecule has 0 radical (unpaired) electrons. The molecule has 1 aliphatic heterocycles. The van der Waals surface area contributed by atoms with Crippen molar-refractivity contribution in [2.45, 2.75) is 23.8 Å². The Bertz CT molecular complexity index is 961. The van der Waals surface area contributed by atoms with Crippen molar-refractivity contribution >= 4 is 26.7 Å². The summed E-state index contributed by atoms with van der Waals surface area (Å²) in [6, 6.07) is 13.6. The van der Waals surface area contributed by atoms with E-state index < -0.39 is 10.0 Å². The number of hydrogen-bond acceptors (Lipinski definition) is 4. The molecule has 0 saturated carbocycles. The number of sulfonamides is 1. The van der Waals surface area contributed by atoms with E-state index in [1.54, 1.807) is 48.5 Å². The normalized spacial score (nSPS) is 18.1. The number of fused-ring (bicyclic) bond motifs is 1. The first-order valence-electron chi connectivity index (χ1n) is 7.81. The second-order valence-corrected chi connectivity index (χ2v) is 7.46. The second kappa shape index (κ2) is 5.92. The maximum atomic E-state index is 12.4. The van der Waals surface area contributed by atoms with Gasteiger partial charge in [0, 0.05) is 6.61 Å². The van der Waals surface area contributed by atoms with Crippen LogP contribution < -0.4 is 4.72 Å². The van der Waals surface area contributed by atoms with Gasteiger partial charge in [0.25, 0.3) is 10.0 Å². The van der Waals surface area contributed by atoms with Crippen molar-refractivity contribution in [3.63, 3.8) is 0 Å². The Morgan fingerprint density at radius 1 is 1.17 bits per heavy atom. The largest absolute Gasteiger partial charge is 0.370 e. The number of hydrogen-bond donors (Lipinski definition) is 2. The highest BCUT2D eigenvalue weighted by Gasteiger charge is 2.21. The Balaban J connectivity index is 1.63. The Hall–Kier alpha value is -2.38. The Morgan fingerprint density at radius 3 is 2.75 bits per heavy atom. The summed E-state index contributed by atoms with van der Waals surface area (Å²) < 4.78 is 33.0. The number of anilines is 1. The Kier molecular flexibility index (Phi) is 3.74. The van der Waals surface area contributed by atoms with E-state index in [-0.39, 0.29) is 11.0 Å². The molecule has 7 heteroatoms. The third kappa shape index (κ3) is 2.88. The molecule has 2 N–H and O–H groups in total. The van der Waals surface area contributed by atoms with E-state index in [1.807, 2.05) is 0 Å². The van der Waals surface area contributed by atoms with Crippen LogP contribution in [-0.2, 0) is 14.8 Å². The quantitative estimate of drug-likeness (QED) is 0.762. The lowest BCUT2D eigenvalue weighted by molar-refractivity contribution is 0.106. The number of aromatic amines is 1. The summed E-state index contributed by atoms with van der Waals surface area (Å²) in [6.07, 6.45) is 1.99. The summed E-state index contributed by atoms with van der Waals surface area (Å²) >= 11 is 0. The van der Waals surface area contributed by atoms with Crippen LogP contribution in [0.2, 0.25) is 0 Å². The number of nitrogens with zero attached hydrogens (tertiary/aromatic N) is 1. The number of rotatable bonds is 4. The first-order valence-corrected chi connectivity index (χ1v) is 9.29. The number of imidazole rings is 1. The maximum absolute atomic E-state index is 12.4. The smallest absolute Gasteiger partial charge is 0.261 e. The summed E-state index contributed by atoms with van der Waals surface area (Å²) in [5, 5.41) is 0. The maximum Gasteiger partial charge on any atom is 0.261 e.